The smallest absolute Gasteiger partial charge is 0.377 e. The van der Waals surface area contributed by atoms with E-state index in [1.165, 1.54) is 18.5 Å². The Bertz CT molecular complexity index is 875. The van der Waals surface area contributed by atoms with E-state index in [1.807, 2.05) is 6.07 Å². The number of rotatable bonds is 2. The highest BCUT2D eigenvalue weighted by atomic mass is 19.4. The van der Waals surface area contributed by atoms with Crippen molar-refractivity contribution in [3.63, 3.8) is 0 Å². The number of hydrogen-bond acceptors (Lipinski definition) is 4. The number of H-pyrrole nitrogens is 1. The van der Waals surface area contributed by atoms with Crippen molar-refractivity contribution < 1.29 is 17.9 Å². The standard InChI is InChI=1S/C17H15F3N4O/c18-17(19,20)12-3-1-11(2-4-12)14-9-25-8-7-24(14)16-13-5-6-21-15(13)22-10-23-16/h1-6,10,14H,7-9H2,(H,21,22,23). The molecule has 1 aliphatic rings. The molecule has 2 aromatic heterocycles. The van der Waals surface area contributed by atoms with Gasteiger partial charge in [-0.25, -0.2) is 9.97 Å². The number of ether oxygens (including phenoxy) is 1. The highest BCUT2D eigenvalue weighted by molar-refractivity contribution is 5.87. The highest BCUT2D eigenvalue weighted by Gasteiger charge is 2.32. The summed E-state index contributed by atoms with van der Waals surface area (Å²) in [5, 5.41) is 0.876. The van der Waals surface area contributed by atoms with Gasteiger partial charge in [0.2, 0.25) is 0 Å². The molecule has 1 aliphatic heterocycles. The molecule has 1 atom stereocenters. The van der Waals surface area contributed by atoms with E-state index in [0.29, 0.717) is 19.8 Å². The lowest BCUT2D eigenvalue weighted by Crippen LogP contribution is -2.40. The van der Waals surface area contributed by atoms with Crippen LogP contribution in [0.15, 0.2) is 42.9 Å². The molecule has 0 radical (unpaired) electrons. The van der Waals surface area contributed by atoms with Gasteiger partial charge in [0, 0.05) is 12.7 Å². The number of alkyl halides is 3. The van der Waals surface area contributed by atoms with E-state index in [9.17, 15) is 13.2 Å². The zero-order chi connectivity index (χ0) is 17.4. The van der Waals surface area contributed by atoms with Crippen molar-refractivity contribution in [1.82, 2.24) is 15.0 Å². The summed E-state index contributed by atoms with van der Waals surface area (Å²) < 4.78 is 43.9. The number of halogens is 3. The van der Waals surface area contributed by atoms with Crippen molar-refractivity contribution in [1.29, 1.82) is 0 Å². The first-order chi connectivity index (χ1) is 12.0. The fraction of sp³-hybridized carbons (Fsp3) is 0.294. The Morgan fingerprint density at radius 2 is 1.92 bits per heavy atom. The van der Waals surface area contributed by atoms with Crippen molar-refractivity contribution in [2.45, 2.75) is 12.2 Å². The molecule has 1 fully saturated rings. The number of benzene rings is 1. The lowest BCUT2D eigenvalue weighted by Gasteiger charge is -2.37. The second-order valence-electron chi connectivity index (χ2n) is 5.84. The van der Waals surface area contributed by atoms with Crippen LogP contribution in [0.25, 0.3) is 11.0 Å². The summed E-state index contributed by atoms with van der Waals surface area (Å²) in [7, 11) is 0. The Morgan fingerprint density at radius 1 is 1.12 bits per heavy atom. The third kappa shape index (κ3) is 2.93. The Kier molecular flexibility index (Phi) is 3.84. The number of anilines is 1. The number of morpholine rings is 1. The molecule has 25 heavy (non-hydrogen) atoms. The minimum absolute atomic E-state index is 0.205. The summed E-state index contributed by atoms with van der Waals surface area (Å²) in [6.45, 7) is 1.53. The van der Waals surface area contributed by atoms with Gasteiger partial charge in [-0.15, -0.1) is 0 Å². The van der Waals surface area contributed by atoms with Crippen LogP contribution in [-0.2, 0) is 10.9 Å². The molecule has 0 bridgehead atoms. The topological polar surface area (TPSA) is 54.0 Å². The molecule has 8 heteroatoms. The van der Waals surface area contributed by atoms with Gasteiger partial charge < -0.3 is 14.6 Å². The van der Waals surface area contributed by atoms with Crippen molar-refractivity contribution in [2.75, 3.05) is 24.7 Å². The molecule has 0 spiro atoms. The first-order valence-corrected chi connectivity index (χ1v) is 7.83. The first-order valence-electron chi connectivity index (χ1n) is 7.83. The Hall–Kier alpha value is -2.61. The molecule has 3 aromatic rings. The van der Waals surface area contributed by atoms with Gasteiger partial charge >= 0.3 is 6.18 Å². The molecule has 1 saturated heterocycles. The van der Waals surface area contributed by atoms with Crippen LogP contribution >= 0.6 is 0 Å². The summed E-state index contributed by atoms with van der Waals surface area (Å²) in [5.41, 5.74) is 0.826. The molecular formula is C17H15F3N4O. The van der Waals surface area contributed by atoms with Gasteiger partial charge in [0.25, 0.3) is 0 Å². The minimum atomic E-state index is -4.34. The number of fused-ring (bicyclic) bond motifs is 1. The molecule has 0 saturated carbocycles. The van der Waals surface area contributed by atoms with Gasteiger partial charge in [0.1, 0.15) is 17.8 Å². The molecule has 5 nitrogen and oxygen atoms in total. The lowest BCUT2D eigenvalue weighted by molar-refractivity contribution is -0.137. The summed E-state index contributed by atoms with van der Waals surface area (Å²) in [6.07, 6.45) is -1.07. The average molecular weight is 348 g/mol. The minimum Gasteiger partial charge on any atom is -0.377 e. The maximum atomic E-state index is 12.8. The number of hydrogen-bond donors (Lipinski definition) is 1. The van der Waals surface area contributed by atoms with Crippen molar-refractivity contribution in [3.05, 3.63) is 54.0 Å². The second-order valence-corrected chi connectivity index (χ2v) is 5.84. The third-order valence-electron chi connectivity index (χ3n) is 4.36. The predicted octanol–water partition coefficient (Wildman–Crippen LogP) is 3.55. The molecule has 1 N–H and O–H groups in total. The predicted molar refractivity (Wildman–Crippen MR) is 86.2 cm³/mol. The Balaban J connectivity index is 1.71. The van der Waals surface area contributed by atoms with Crippen LogP contribution in [0.5, 0.6) is 0 Å². The fourth-order valence-corrected chi connectivity index (χ4v) is 3.12. The van der Waals surface area contributed by atoms with E-state index in [-0.39, 0.29) is 6.04 Å². The molecule has 1 unspecified atom stereocenters. The third-order valence-corrected chi connectivity index (χ3v) is 4.36. The molecule has 4 rings (SSSR count). The maximum Gasteiger partial charge on any atom is 0.416 e. The van der Waals surface area contributed by atoms with Crippen LogP contribution in [0, 0.1) is 0 Å². The second kappa shape index (κ2) is 6.03. The molecule has 3 heterocycles. The molecule has 1 aromatic carbocycles. The highest BCUT2D eigenvalue weighted by Crippen LogP contribution is 2.34. The van der Waals surface area contributed by atoms with E-state index in [4.69, 9.17) is 4.74 Å². The van der Waals surface area contributed by atoms with Gasteiger partial charge in [-0.3, -0.25) is 0 Å². The van der Waals surface area contributed by atoms with Crippen LogP contribution < -0.4 is 4.90 Å². The summed E-state index contributed by atoms with van der Waals surface area (Å²) in [4.78, 5) is 13.7. The van der Waals surface area contributed by atoms with Gasteiger partial charge in [-0.05, 0) is 23.8 Å². The van der Waals surface area contributed by atoms with Gasteiger partial charge in [-0.1, -0.05) is 12.1 Å². The zero-order valence-electron chi connectivity index (χ0n) is 13.1. The van der Waals surface area contributed by atoms with Crippen LogP contribution in [0.2, 0.25) is 0 Å². The number of nitrogens with one attached hydrogen (secondary N) is 1. The number of aromatic amines is 1. The molecule has 0 aliphatic carbocycles. The van der Waals surface area contributed by atoms with E-state index in [2.05, 4.69) is 19.9 Å². The summed E-state index contributed by atoms with van der Waals surface area (Å²) in [5.74, 6) is 0.749. The largest absolute Gasteiger partial charge is 0.416 e. The normalized spacial score (nSPS) is 18.7. The molecular weight excluding hydrogens is 333 g/mol. The number of aromatic nitrogens is 3. The maximum absolute atomic E-state index is 12.8. The van der Waals surface area contributed by atoms with Crippen LogP contribution in [-0.4, -0.2) is 34.7 Å². The zero-order valence-corrected chi connectivity index (χ0v) is 13.1. The Morgan fingerprint density at radius 3 is 2.68 bits per heavy atom. The molecule has 130 valence electrons. The van der Waals surface area contributed by atoms with Crippen LogP contribution in [0.1, 0.15) is 17.2 Å². The van der Waals surface area contributed by atoms with E-state index >= 15 is 0 Å². The van der Waals surface area contributed by atoms with Gasteiger partial charge in [-0.2, -0.15) is 13.2 Å². The van der Waals surface area contributed by atoms with Crippen molar-refractivity contribution in [2.24, 2.45) is 0 Å². The quantitative estimate of drug-likeness (QED) is 0.769. The lowest BCUT2D eigenvalue weighted by atomic mass is 10.0. The summed E-state index contributed by atoms with van der Waals surface area (Å²) in [6, 6.07) is 6.91. The van der Waals surface area contributed by atoms with Gasteiger partial charge in [0.05, 0.1) is 30.2 Å². The monoisotopic (exact) mass is 348 g/mol. The Labute approximate surface area is 141 Å². The van der Waals surface area contributed by atoms with Gasteiger partial charge in [0.15, 0.2) is 0 Å². The van der Waals surface area contributed by atoms with Crippen LogP contribution in [0.3, 0.4) is 0 Å². The number of nitrogens with zero attached hydrogens (tertiary/aromatic N) is 3. The van der Waals surface area contributed by atoms with E-state index in [1.54, 1.807) is 6.20 Å². The van der Waals surface area contributed by atoms with Crippen molar-refractivity contribution in [3.8, 4) is 0 Å². The van der Waals surface area contributed by atoms with Crippen molar-refractivity contribution >= 4 is 16.9 Å². The van der Waals surface area contributed by atoms with E-state index in [0.717, 1.165) is 34.5 Å². The fourth-order valence-electron chi connectivity index (χ4n) is 3.12. The average Bonchev–Trinajstić information content (AvgIpc) is 3.10. The van der Waals surface area contributed by atoms with Crippen LogP contribution in [0.4, 0.5) is 19.0 Å². The SMILES string of the molecule is FC(F)(F)c1ccc(C2COCCN2c2ncnc3[nH]ccc23)cc1. The summed E-state index contributed by atoms with van der Waals surface area (Å²) >= 11 is 0. The first kappa shape index (κ1) is 15.9. The molecule has 0 amide bonds. The van der Waals surface area contributed by atoms with E-state index < -0.39 is 11.7 Å².